The van der Waals surface area contributed by atoms with E-state index in [-0.39, 0.29) is 0 Å². The fraction of sp³-hybridized carbons (Fsp3) is 0.889. The van der Waals surface area contributed by atoms with E-state index in [0.29, 0.717) is 17.9 Å². The fourth-order valence-corrected chi connectivity index (χ4v) is 3.84. The van der Waals surface area contributed by atoms with Crippen LogP contribution in [-0.4, -0.2) is 23.6 Å². The summed E-state index contributed by atoms with van der Waals surface area (Å²) >= 11 is 2.03. The molecule has 3 heteroatoms. The highest BCUT2D eigenvalue weighted by atomic mass is 32.2. The van der Waals surface area contributed by atoms with Crippen molar-refractivity contribution in [1.82, 2.24) is 0 Å². The topological polar surface area (TPSA) is 29.4 Å². The van der Waals surface area contributed by atoms with Crippen LogP contribution in [0.1, 0.15) is 19.3 Å². The molecule has 0 aromatic heterocycles. The molecule has 1 aliphatic carbocycles. The molecule has 2 nitrogen and oxygen atoms in total. The number of isocyanates is 1. The molecule has 66 valence electrons. The number of nitrogens with zero attached hydrogens (tertiary/aromatic N) is 1. The highest BCUT2D eigenvalue weighted by Gasteiger charge is 2.36. The van der Waals surface area contributed by atoms with Gasteiger partial charge in [-0.15, -0.1) is 0 Å². The van der Waals surface area contributed by atoms with Crippen LogP contribution in [0.5, 0.6) is 0 Å². The largest absolute Gasteiger partial charge is 0.235 e. The van der Waals surface area contributed by atoms with Crippen molar-refractivity contribution in [2.45, 2.75) is 25.3 Å². The lowest BCUT2D eigenvalue weighted by atomic mass is 9.78. The average Bonchev–Trinajstić information content (AvgIpc) is 2.04. The van der Waals surface area contributed by atoms with E-state index in [2.05, 4.69) is 4.99 Å². The lowest BCUT2D eigenvalue weighted by molar-refractivity contribution is 0.250. The molecule has 2 fully saturated rings. The molecule has 0 N–H and O–H groups in total. The van der Waals surface area contributed by atoms with Crippen LogP contribution in [0.15, 0.2) is 4.99 Å². The monoisotopic (exact) mass is 183 g/mol. The smallest absolute Gasteiger partial charge is 0.211 e. The second-order valence-corrected chi connectivity index (χ2v) is 4.77. The van der Waals surface area contributed by atoms with E-state index in [1.54, 1.807) is 6.08 Å². The number of carbonyl (C=O) groups excluding carboxylic acids is 1. The zero-order valence-corrected chi connectivity index (χ0v) is 7.85. The van der Waals surface area contributed by atoms with E-state index in [1.165, 1.54) is 30.8 Å². The molecule has 0 amide bonds. The third-order valence-electron chi connectivity index (χ3n) is 2.98. The third-order valence-corrected chi connectivity index (χ3v) is 4.31. The van der Waals surface area contributed by atoms with Gasteiger partial charge < -0.3 is 0 Å². The van der Waals surface area contributed by atoms with Crippen molar-refractivity contribution in [1.29, 1.82) is 0 Å². The van der Waals surface area contributed by atoms with Gasteiger partial charge in [0.15, 0.2) is 0 Å². The predicted octanol–water partition coefficient (Wildman–Crippen LogP) is 1.85. The molecule has 2 bridgehead atoms. The first-order valence-corrected chi connectivity index (χ1v) is 5.72. The van der Waals surface area contributed by atoms with Gasteiger partial charge in [0.25, 0.3) is 0 Å². The van der Waals surface area contributed by atoms with Crippen molar-refractivity contribution in [2.75, 3.05) is 11.5 Å². The Morgan fingerprint density at radius 2 is 1.92 bits per heavy atom. The highest BCUT2D eigenvalue weighted by Crippen LogP contribution is 2.39. The van der Waals surface area contributed by atoms with Gasteiger partial charge >= 0.3 is 0 Å². The van der Waals surface area contributed by atoms with Gasteiger partial charge in [-0.1, -0.05) is 6.42 Å². The Balaban J connectivity index is 2.13. The van der Waals surface area contributed by atoms with Crippen molar-refractivity contribution in [3.63, 3.8) is 0 Å². The maximum atomic E-state index is 10.2. The van der Waals surface area contributed by atoms with Gasteiger partial charge in [-0.05, 0) is 36.2 Å². The summed E-state index contributed by atoms with van der Waals surface area (Å²) in [6.45, 7) is 0. The highest BCUT2D eigenvalue weighted by molar-refractivity contribution is 7.99. The quantitative estimate of drug-likeness (QED) is 0.458. The third kappa shape index (κ3) is 1.44. The van der Waals surface area contributed by atoms with Crippen molar-refractivity contribution < 1.29 is 4.79 Å². The van der Waals surface area contributed by atoms with Gasteiger partial charge in [-0.25, -0.2) is 9.79 Å². The summed E-state index contributed by atoms with van der Waals surface area (Å²) in [5.74, 6) is 3.74. The molecular weight excluding hydrogens is 170 g/mol. The van der Waals surface area contributed by atoms with Crippen molar-refractivity contribution in [3.05, 3.63) is 0 Å². The standard InChI is InChI=1S/C9H13NOS/c11-6-10-9-7-2-1-3-8(9)5-12-4-7/h7-9H,1-5H2. The van der Waals surface area contributed by atoms with Crippen molar-refractivity contribution in [2.24, 2.45) is 16.8 Å². The Kier molecular flexibility index (Phi) is 2.52. The lowest BCUT2D eigenvalue weighted by Gasteiger charge is -2.38. The van der Waals surface area contributed by atoms with E-state index in [4.69, 9.17) is 0 Å². The van der Waals surface area contributed by atoms with Crippen LogP contribution in [0.4, 0.5) is 0 Å². The summed E-state index contributed by atoms with van der Waals surface area (Å²) in [6.07, 6.45) is 5.59. The van der Waals surface area contributed by atoms with Crippen LogP contribution < -0.4 is 0 Å². The Bertz CT molecular complexity index is 191. The first-order valence-electron chi connectivity index (χ1n) is 4.56. The molecule has 0 spiro atoms. The summed E-state index contributed by atoms with van der Waals surface area (Å²) in [4.78, 5) is 14.2. The molecule has 2 aliphatic rings. The Hall–Kier alpha value is -0.270. The maximum absolute atomic E-state index is 10.2. The second kappa shape index (κ2) is 3.63. The van der Waals surface area contributed by atoms with Gasteiger partial charge in [0.05, 0.1) is 6.04 Å². The predicted molar refractivity (Wildman–Crippen MR) is 50.1 cm³/mol. The van der Waals surface area contributed by atoms with Crippen molar-refractivity contribution >= 4 is 17.8 Å². The molecule has 1 saturated carbocycles. The van der Waals surface area contributed by atoms with Crippen LogP contribution in [0.2, 0.25) is 0 Å². The van der Waals surface area contributed by atoms with Gasteiger partial charge in [0.2, 0.25) is 6.08 Å². The normalized spacial score (nSPS) is 40.2. The second-order valence-electron chi connectivity index (χ2n) is 3.70. The van der Waals surface area contributed by atoms with Gasteiger partial charge in [0.1, 0.15) is 0 Å². The first-order chi connectivity index (χ1) is 5.92. The molecule has 12 heavy (non-hydrogen) atoms. The molecule has 0 aromatic rings. The van der Waals surface area contributed by atoms with Crippen LogP contribution in [0.3, 0.4) is 0 Å². The summed E-state index contributed by atoms with van der Waals surface area (Å²) < 4.78 is 0. The number of hydrogen-bond donors (Lipinski definition) is 0. The van der Waals surface area contributed by atoms with Crippen LogP contribution in [0, 0.1) is 11.8 Å². The SMILES string of the molecule is O=C=NC1C2CCCC1CSC2. The molecule has 0 radical (unpaired) electrons. The Morgan fingerprint density at radius 1 is 1.25 bits per heavy atom. The zero-order chi connectivity index (χ0) is 8.39. The van der Waals surface area contributed by atoms with Crippen LogP contribution in [-0.2, 0) is 4.79 Å². The minimum Gasteiger partial charge on any atom is -0.211 e. The van der Waals surface area contributed by atoms with Gasteiger partial charge in [-0.3, -0.25) is 0 Å². The maximum Gasteiger partial charge on any atom is 0.235 e. The average molecular weight is 183 g/mol. The minimum atomic E-state index is 0.317. The van der Waals surface area contributed by atoms with Crippen LogP contribution >= 0.6 is 11.8 Å². The van der Waals surface area contributed by atoms with Crippen LogP contribution in [0.25, 0.3) is 0 Å². The number of rotatable bonds is 1. The Labute approximate surface area is 76.8 Å². The van der Waals surface area contributed by atoms with E-state index >= 15 is 0 Å². The summed E-state index contributed by atoms with van der Waals surface area (Å²) in [5, 5.41) is 0. The summed E-state index contributed by atoms with van der Waals surface area (Å²) in [5.41, 5.74) is 0. The molecule has 1 aliphatic heterocycles. The fourth-order valence-electron chi connectivity index (χ4n) is 2.37. The number of fused-ring (bicyclic) bond motifs is 2. The van der Waals surface area contributed by atoms with E-state index in [9.17, 15) is 4.79 Å². The molecule has 1 saturated heterocycles. The molecule has 2 rings (SSSR count). The molecule has 0 aromatic carbocycles. The Morgan fingerprint density at radius 3 is 2.50 bits per heavy atom. The van der Waals surface area contributed by atoms with Crippen molar-refractivity contribution in [3.8, 4) is 0 Å². The van der Waals surface area contributed by atoms with E-state index < -0.39 is 0 Å². The molecular formula is C9H13NOS. The summed E-state index contributed by atoms with van der Waals surface area (Å²) in [7, 11) is 0. The first kappa shape index (κ1) is 8.33. The number of aliphatic imine (C=N–C) groups is 1. The zero-order valence-electron chi connectivity index (χ0n) is 7.03. The molecule has 1 heterocycles. The number of thioether (sulfide) groups is 1. The lowest BCUT2D eigenvalue weighted by Crippen LogP contribution is -2.38. The summed E-state index contributed by atoms with van der Waals surface area (Å²) in [6, 6.07) is 0.317. The number of hydrogen-bond acceptors (Lipinski definition) is 3. The van der Waals surface area contributed by atoms with Gasteiger partial charge in [-0.2, -0.15) is 11.8 Å². The van der Waals surface area contributed by atoms with E-state index in [1.807, 2.05) is 11.8 Å². The van der Waals surface area contributed by atoms with E-state index in [0.717, 1.165) is 0 Å². The molecule has 2 unspecified atom stereocenters. The minimum absolute atomic E-state index is 0.317. The molecule has 2 atom stereocenters. The van der Waals surface area contributed by atoms with Gasteiger partial charge in [0, 0.05) is 0 Å².